The van der Waals surface area contributed by atoms with Crippen LogP contribution in [0.1, 0.15) is 19.3 Å². The second-order valence-electron chi connectivity index (χ2n) is 4.95. The molecule has 0 unspecified atom stereocenters. The fourth-order valence-corrected chi connectivity index (χ4v) is 3.67. The van der Waals surface area contributed by atoms with Crippen LogP contribution < -0.4 is 4.72 Å². The molecular formula is C11H17N3O5S. The maximum atomic E-state index is 12.3. The van der Waals surface area contributed by atoms with Gasteiger partial charge in [-0.2, -0.15) is 0 Å². The third-order valence-corrected chi connectivity index (χ3v) is 4.71. The van der Waals surface area contributed by atoms with E-state index in [2.05, 4.69) is 9.71 Å². The van der Waals surface area contributed by atoms with Crippen LogP contribution in [0.5, 0.6) is 0 Å². The maximum Gasteiger partial charge on any atom is 0.305 e. The number of nitrogens with one attached hydrogen (secondary N) is 1. The van der Waals surface area contributed by atoms with Crippen LogP contribution in [0.2, 0.25) is 0 Å². The number of carboxylic acid groups (broad SMARTS) is 1. The molecule has 0 saturated carbocycles. The molecule has 112 valence electrons. The van der Waals surface area contributed by atoms with Crippen LogP contribution >= 0.6 is 0 Å². The van der Waals surface area contributed by atoms with E-state index in [9.17, 15) is 13.2 Å². The largest absolute Gasteiger partial charge is 0.481 e. The first-order chi connectivity index (χ1) is 9.33. The molecule has 2 heterocycles. The SMILES string of the molecule is Cn1cnc(S(=O)(=O)NC2(CC(=O)O)CCOCC2)c1. The Morgan fingerprint density at radius 3 is 2.70 bits per heavy atom. The molecule has 0 spiro atoms. The first-order valence-electron chi connectivity index (χ1n) is 6.14. The summed E-state index contributed by atoms with van der Waals surface area (Å²) in [7, 11) is -2.18. The number of aliphatic carboxylic acids is 1. The molecule has 20 heavy (non-hydrogen) atoms. The number of rotatable bonds is 5. The molecule has 1 aromatic rings. The smallest absolute Gasteiger partial charge is 0.305 e. The van der Waals surface area contributed by atoms with Crippen LogP contribution in [0.25, 0.3) is 0 Å². The molecule has 1 saturated heterocycles. The van der Waals surface area contributed by atoms with Gasteiger partial charge in [0, 0.05) is 32.0 Å². The minimum atomic E-state index is -3.84. The van der Waals surface area contributed by atoms with E-state index < -0.39 is 21.5 Å². The predicted octanol–water partition coefficient (Wildman–Crippen LogP) is -0.278. The fraction of sp³-hybridized carbons (Fsp3) is 0.636. The molecule has 2 rings (SSSR count). The number of imidazole rings is 1. The zero-order valence-electron chi connectivity index (χ0n) is 11.1. The number of aryl methyl sites for hydroxylation is 1. The van der Waals surface area contributed by atoms with Crippen molar-refractivity contribution >= 4 is 16.0 Å². The number of carbonyl (C=O) groups is 1. The molecule has 8 nitrogen and oxygen atoms in total. The van der Waals surface area contributed by atoms with Crippen molar-refractivity contribution in [2.24, 2.45) is 7.05 Å². The monoisotopic (exact) mass is 303 g/mol. The van der Waals surface area contributed by atoms with Gasteiger partial charge >= 0.3 is 5.97 Å². The Kier molecular flexibility index (Phi) is 4.11. The van der Waals surface area contributed by atoms with E-state index in [-0.39, 0.29) is 11.4 Å². The van der Waals surface area contributed by atoms with Crippen LogP contribution in [0, 0.1) is 0 Å². The maximum absolute atomic E-state index is 12.3. The van der Waals surface area contributed by atoms with E-state index >= 15 is 0 Å². The summed E-state index contributed by atoms with van der Waals surface area (Å²) in [6, 6.07) is 0. The van der Waals surface area contributed by atoms with E-state index in [1.807, 2.05) is 0 Å². The normalized spacial score (nSPS) is 18.9. The molecule has 2 N–H and O–H groups in total. The number of sulfonamides is 1. The number of hydrogen-bond donors (Lipinski definition) is 2. The van der Waals surface area contributed by atoms with Gasteiger partial charge in [-0.05, 0) is 12.8 Å². The van der Waals surface area contributed by atoms with E-state index in [1.165, 1.54) is 17.1 Å². The Labute approximate surface area is 116 Å². The van der Waals surface area contributed by atoms with Gasteiger partial charge in [0.25, 0.3) is 10.0 Å². The molecule has 0 aliphatic carbocycles. The van der Waals surface area contributed by atoms with Gasteiger partial charge in [-0.1, -0.05) is 0 Å². The zero-order chi connectivity index (χ0) is 14.8. The van der Waals surface area contributed by atoms with Gasteiger partial charge in [-0.3, -0.25) is 4.79 Å². The quantitative estimate of drug-likeness (QED) is 0.774. The highest BCUT2D eigenvalue weighted by Crippen LogP contribution is 2.26. The fourth-order valence-electron chi connectivity index (χ4n) is 2.23. The summed E-state index contributed by atoms with van der Waals surface area (Å²) in [5.41, 5.74) is -1.01. The summed E-state index contributed by atoms with van der Waals surface area (Å²) in [6.07, 6.45) is 3.12. The van der Waals surface area contributed by atoms with Crippen molar-refractivity contribution in [3.05, 3.63) is 12.5 Å². The molecule has 0 amide bonds. The highest BCUT2D eigenvalue weighted by atomic mass is 32.2. The van der Waals surface area contributed by atoms with E-state index in [4.69, 9.17) is 9.84 Å². The number of ether oxygens (including phenoxy) is 1. The minimum absolute atomic E-state index is 0.115. The van der Waals surface area contributed by atoms with Crippen molar-refractivity contribution in [2.45, 2.75) is 29.8 Å². The molecule has 1 aliphatic rings. The lowest BCUT2D eigenvalue weighted by Gasteiger charge is -2.36. The van der Waals surface area contributed by atoms with Gasteiger partial charge in [0.05, 0.1) is 12.7 Å². The highest BCUT2D eigenvalue weighted by molar-refractivity contribution is 7.89. The average Bonchev–Trinajstić information content (AvgIpc) is 2.76. The van der Waals surface area contributed by atoms with Gasteiger partial charge in [0.1, 0.15) is 0 Å². The highest BCUT2D eigenvalue weighted by Gasteiger charge is 2.39. The Morgan fingerprint density at radius 1 is 1.55 bits per heavy atom. The van der Waals surface area contributed by atoms with Gasteiger partial charge in [-0.15, -0.1) is 0 Å². The van der Waals surface area contributed by atoms with Crippen molar-refractivity contribution in [1.82, 2.24) is 14.3 Å². The summed E-state index contributed by atoms with van der Waals surface area (Å²) >= 11 is 0. The van der Waals surface area contributed by atoms with Gasteiger partial charge in [-0.25, -0.2) is 18.1 Å². The Balaban J connectivity index is 2.25. The molecule has 1 aliphatic heterocycles. The van der Waals surface area contributed by atoms with Crippen molar-refractivity contribution in [3.8, 4) is 0 Å². The Morgan fingerprint density at radius 2 is 2.20 bits per heavy atom. The molecule has 9 heteroatoms. The molecule has 1 aromatic heterocycles. The number of nitrogens with zero attached hydrogens (tertiary/aromatic N) is 2. The van der Waals surface area contributed by atoms with Gasteiger partial charge in [0.15, 0.2) is 5.03 Å². The lowest BCUT2D eigenvalue weighted by Crippen LogP contribution is -2.53. The number of hydrogen-bond acceptors (Lipinski definition) is 5. The molecular weight excluding hydrogens is 286 g/mol. The summed E-state index contributed by atoms with van der Waals surface area (Å²) in [6.45, 7) is 0.663. The second kappa shape index (κ2) is 5.51. The standard InChI is InChI=1S/C11H17N3O5S/c1-14-7-9(12-8-14)20(17,18)13-11(6-10(15)16)2-4-19-5-3-11/h7-8,13H,2-6H2,1H3,(H,15,16). The van der Waals surface area contributed by atoms with Crippen LogP contribution in [0.3, 0.4) is 0 Å². The third-order valence-electron chi connectivity index (χ3n) is 3.25. The first-order valence-corrected chi connectivity index (χ1v) is 7.63. The van der Waals surface area contributed by atoms with Crippen molar-refractivity contribution in [1.29, 1.82) is 0 Å². The summed E-state index contributed by atoms with van der Waals surface area (Å²) in [4.78, 5) is 14.8. The minimum Gasteiger partial charge on any atom is -0.481 e. The molecule has 0 aromatic carbocycles. The molecule has 1 fully saturated rings. The Bertz CT molecular complexity index is 589. The lowest BCUT2D eigenvalue weighted by atomic mass is 9.88. The van der Waals surface area contributed by atoms with Gasteiger partial charge < -0.3 is 14.4 Å². The lowest BCUT2D eigenvalue weighted by molar-refractivity contribution is -0.139. The van der Waals surface area contributed by atoms with Crippen molar-refractivity contribution in [3.63, 3.8) is 0 Å². The predicted molar refractivity (Wildman–Crippen MR) is 68.6 cm³/mol. The molecule has 0 atom stereocenters. The second-order valence-corrected chi connectivity index (χ2v) is 6.58. The average molecular weight is 303 g/mol. The summed E-state index contributed by atoms with van der Waals surface area (Å²) < 4.78 is 33.8. The first kappa shape index (κ1) is 14.9. The van der Waals surface area contributed by atoms with Crippen LogP contribution in [0.15, 0.2) is 17.6 Å². The topological polar surface area (TPSA) is 111 Å². The van der Waals surface area contributed by atoms with Crippen molar-refractivity contribution < 1.29 is 23.1 Å². The molecule has 0 bridgehead atoms. The number of aromatic nitrogens is 2. The van der Waals surface area contributed by atoms with E-state index in [0.29, 0.717) is 26.1 Å². The van der Waals surface area contributed by atoms with Crippen LogP contribution in [0.4, 0.5) is 0 Å². The summed E-state index contributed by atoms with van der Waals surface area (Å²) in [5.74, 6) is -1.05. The van der Waals surface area contributed by atoms with Gasteiger partial charge in [0.2, 0.25) is 0 Å². The molecule has 0 radical (unpaired) electrons. The number of carboxylic acids is 1. The summed E-state index contributed by atoms with van der Waals surface area (Å²) in [5, 5.41) is 8.89. The van der Waals surface area contributed by atoms with E-state index in [1.54, 1.807) is 7.05 Å². The van der Waals surface area contributed by atoms with Crippen LogP contribution in [-0.2, 0) is 26.6 Å². The van der Waals surface area contributed by atoms with Crippen LogP contribution in [-0.4, -0.2) is 47.8 Å². The Hall–Kier alpha value is -1.45. The van der Waals surface area contributed by atoms with Crippen molar-refractivity contribution in [2.75, 3.05) is 13.2 Å². The van der Waals surface area contributed by atoms with E-state index in [0.717, 1.165) is 0 Å². The zero-order valence-corrected chi connectivity index (χ0v) is 11.9. The third kappa shape index (κ3) is 3.35.